The number of amidine groups is 1. The molecule has 0 unspecified atom stereocenters. The van der Waals surface area contributed by atoms with Gasteiger partial charge in [-0.3, -0.25) is 0 Å². The molecule has 0 bridgehead atoms. The summed E-state index contributed by atoms with van der Waals surface area (Å²) in [5.41, 5.74) is 7.47. The first-order chi connectivity index (χ1) is 9.74. The summed E-state index contributed by atoms with van der Waals surface area (Å²) in [4.78, 5) is 0. The minimum absolute atomic E-state index is 0.0772. The molecule has 0 saturated heterocycles. The summed E-state index contributed by atoms with van der Waals surface area (Å²) >= 11 is 2.02. The maximum absolute atomic E-state index is 8.75. The van der Waals surface area contributed by atoms with E-state index in [4.69, 9.17) is 15.7 Å². The number of nitrogens with two attached hydrogens (primary N) is 1. The highest BCUT2D eigenvalue weighted by molar-refractivity contribution is 7.99. The molecule has 0 radical (unpaired) electrons. The SMILES string of the molecule is COc1cc(CSC2CCCCC2)ccc1/C(N)=N/O. The molecule has 3 N–H and O–H groups in total. The number of benzene rings is 1. The molecule has 0 amide bonds. The molecule has 1 fully saturated rings. The normalized spacial score (nSPS) is 17.1. The van der Waals surface area contributed by atoms with Crippen molar-refractivity contribution in [2.75, 3.05) is 7.11 Å². The highest BCUT2D eigenvalue weighted by atomic mass is 32.2. The Morgan fingerprint density at radius 1 is 1.40 bits per heavy atom. The smallest absolute Gasteiger partial charge is 0.173 e. The fourth-order valence-corrected chi connectivity index (χ4v) is 3.81. The van der Waals surface area contributed by atoms with Crippen LogP contribution in [0.5, 0.6) is 5.75 Å². The summed E-state index contributed by atoms with van der Waals surface area (Å²) < 4.78 is 5.32. The van der Waals surface area contributed by atoms with Crippen LogP contribution in [0.15, 0.2) is 23.4 Å². The third-order valence-corrected chi connectivity index (χ3v) is 5.13. The van der Waals surface area contributed by atoms with Crippen LogP contribution in [0, 0.1) is 0 Å². The first-order valence-corrected chi connectivity index (χ1v) is 8.06. The number of hydrogen-bond donors (Lipinski definition) is 2. The molecule has 0 spiro atoms. The minimum Gasteiger partial charge on any atom is -0.496 e. The Morgan fingerprint density at radius 3 is 2.80 bits per heavy atom. The molecule has 1 aliphatic carbocycles. The summed E-state index contributed by atoms with van der Waals surface area (Å²) in [5, 5.41) is 12.6. The van der Waals surface area contributed by atoms with Crippen molar-refractivity contribution in [3.63, 3.8) is 0 Å². The molecule has 1 aromatic carbocycles. The van der Waals surface area contributed by atoms with Crippen molar-refractivity contribution in [3.05, 3.63) is 29.3 Å². The minimum atomic E-state index is 0.0772. The summed E-state index contributed by atoms with van der Waals surface area (Å²) in [6.45, 7) is 0. The first-order valence-electron chi connectivity index (χ1n) is 7.01. The van der Waals surface area contributed by atoms with Crippen LogP contribution in [0.2, 0.25) is 0 Å². The van der Waals surface area contributed by atoms with Crippen molar-refractivity contribution in [3.8, 4) is 5.75 Å². The molecule has 1 saturated carbocycles. The number of nitrogens with zero attached hydrogens (tertiary/aromatic N) is 1. The molecule has 0 heterocycles. The molecule has 5 heteroatoms. The Kier molecular flexibility index (Phi) is 5.59. The Bertz CT molecular complexity index is 471. The molecule has 1 aromatic rings. The molecule has 0 aliphatic heterocycles. The van der Waals surface area contributed by atoms with Gasteiger partial charge in [-0.2, -0.15) is 11.8 Å². The summed E-state index contributed by atoms with van der Waals surface area (Å²) in [5.74, 6) is 1.72. The molecule has 0 aromatic heterocycles. The van der Waals surface area contributed by atoms with Gasteiger partial charge in [0.05, 0.1) is 12.7 Å². The lowest BCUT2D eigenvalue weighted by Crippen LogP contribution is -2.14. The fourth-order valence-electron chi connectivity index (χ4n) is 2.54. The monoisotopic (exact) mass is 294 g/mol. The van der Waals surface area contributed by atoms with Crippen LogP contribution in [0.25, 0.3) is 0 Å². The number of oxime groups is 1. The van der Waals surface area contributed by atoms with Gasteiger partial charge in [0.15, 0.2) is 5.84 Å². The maximum Gasteiger partial charge on any atom is 0.173 e. The molecular formula is C15H22N2O2S. The number of rotatable bonds is 5. The predicted molar refractivity (Wildman–Crippen MR) is 83.7 cm³/mol. The van der Waals surface area contributed by atoms with Gasteiger partial charge < -0.3 is 15.7 Å². The summed E-state index contributed by atoms with van der Waals surface area (Å²) in [6, 6.07) is 5.85. The van der Waals surface area contributed by atoms with Crippen LogP contribution >= 0.6 is 11.8 Å². The van der Waals surface area contributed by atoms with Crippen LogP contribution in [0.1, 0.15) is 43.2 Å². The van der Waals surface area contributed by atoms with E-state index in [1.807, 2.05) is 30.0 Å². The van der Waals surface area contributed by atoms with E-state index < -0.39 is 0 Å². The van der Waals surface area contributed by atoms with Crippen LogP contribution in [-0.4, -0.2) is 23.4 Å². The molecule has 2 rings (SSSR count). The second-order valence-corrected chi connectivity index (χ2v) is 6.38. The largest absolute Gasteiger partial charge is 0.496 e. The number of hydrogen-bond acceptors (Lipinski definition) is 4. The van der Waals surface area contributed by atoms with Gasteiger partial charge in [0.25, 0.3) is 0 Å². The van der Waals surface area contributed by atoms with Gasteiger partial charge in [0.1, 0.15) is 5.75 Å². The standard InChI is InChI=1S/C15H22N2O2S/c1-19-14-9-11(7-8-13(14)15(16)17-18)10-20-12-5-3-2-4-6-12/h7-9,12,18H,2-6,10H2,1H3,(H2,16,17). The third-order valence-electron chi connectivity index (χ3n) is 3.69. The van der Waals surface area contributed by atoms with Gasteiger partial charge in [-0.15, -0.1) is 0 Å². The van der Waals surface area contributed by atoms with Gasteiger partial charge in [0.2, 0.25) is 0 Å². The van der Waals surface area contributed by atoms with Crippen LogP contribution in [-0.2, 0) is 5.75 Å². The van der Waals surface area contributed by atoms with Gasteiger partial charge in [-0.25, -0.2) is 0 Å². The second kappa shape index (κ2) is 7.43. The van der Waals surface area contributed by atoms with Crippen molar-refractivity contribution < 1.29 is 9.94 Å². The summed E-state index contributed by atoms with van der Waals surface area (Å²) in [7, 11) is 1.60. The highest BCUT2D eigenvalue weighted by Gasteiger charge is 2.14. The summed E-state index contributed by atoms with van der Waals surface area (Å²) in [6.07, 6.45) is 6.79. The van der Waals surface area contributed by atoms with E-state index in [0.29, 0.717) is 11.3 Å². The quantitative estimate of drug-likeness (QED) is 0.378. The van der Waals surface area contributed by atoms with Gasteiger partial charge >= 0.3 is 0 Å². The topological polar surface area (TPSA) is 67.8 Å². The molecule has 4 nitrogen and oxygen atoms in total. The van der Waals surface area contributed by atoms with E-state index in [1.54, 1.807) is 7.11 Å². The predicted octanol–water partition coefficient (Wildman–Crippen LogP) is 3.36. The van der Waals surface area contributed by atoms with E-state index in [2.05, 4.69) is 5.16 Å². The van der Waals surface area contributed by atoms with Crippen molar-refractivity contribution in [1.29, 1.82) is 0 Å². The van der Waals surface area contributed by atoms with E-state index in [1.165, 1.54) is 37.7 Å². The van der Waals surface area contributed by atoms with Crippen molar-refractivity contribution in [2.45, 2.75) is 43.1 Å². The van der Waals surface area contributed by atoms with Gasteiger partial charge in [0, 0.05) is 11.0 Å². The van der Waals surface area contributed by atoms with Gasteiger partial charge in [-0.1, -0.05) is 30.5 Å². The van der Waals surface area contributed by atoms with E-state index in [-0.39, 0.29) is 5.84 Å². The van der Waals surface area contributed by atoms with Crippen molar-refractivity contribution in [1.82, 2.24) is 0 Å². The van der Waals surface area contributed by atoms with Gasteiger partial charge in [-0.05, 0) is 30.5 Å². The lowest BCUT2D eigenvalue weighted by atomic mass is 10.0. The Labute approximate surface area is 124 Å². The Balaban J connectivity index is 2.01. The number of methoxy groups -OCH3 is 1. The van der Waals surface area contributed by atoms with E-state index >= 15 is 0 Å². The maximum atomic E-state index is 8.75. The van der Waals surface area contributed by atoms with Crippen molar-refractivity contribution >= 4 is 17.6 Å². The molecule has 110 valence electrons. The zero-order chi connectivity index (χ0) is 14.4. The average Bonchev–Trinajstić information content (AvgIpc) is 2.52. The first kappa shape index (κ1) is 15.0. The number of ether oxygens (including phenoxy) is 1. The highest BCUT2D eigenvalue weighted by Crippen LogP contribution is 2.31. The van der Waals surface area contributed by atoms with E-state index in [9.17, 15) is 0 Å². The Morgan fingerprint density at radius 2 is 2.15 bits per heavy atom. The zero-order valence-electron chi connectivity index (χ0n) is 11.8. The zero-order valence-corrected chi connectivity index (χ0v) is 12.7. The second-order valence-electron chi connectivity index (χ2n) is 5.09. The Hall–Kier alpha value is -1.36. The molecule has 0 atom stereocenters. The molecule has 20 heavy (non-hydrogen) atoms. The van der Waals surface area contributed by atoms with Crippen LogP contribution < -0.4 is 10.5 Å². The van der Waals surface area contributed by atoms with Crippen molar-refractivity contribution in [2.24, 2.45) is 10.9 Å². The molecule has 1 aliphatic rings. The lowest BCUT2D eigenvalue weighted by molar-refractivity contribution is 0.318. The molecular weight excluding hydrogens is 272 g/mol. The van der Waals surface area contributed by atoms with Crippen LogP contribution in [0.4, 0.5) is 0 Å². The van der Waals surface area contributed by atoms with Crippen LogP contribution in [0.3, 0.4) is 0 Å². The average molecular weight is 294 g/mol. The lowest BCUT2D eigenvalue weighted by Gasteiger charge is -2.21. The fraction of sp³-hybridized carbons (Fsp3) is 0.533. The number of thioether (sulfide) groups is 1. The van der Waals surface area contributed by atoms with E-state index in [0.717, 1.165) is 11.0 Å². The third kappa shape index (κ3) is 3.82.